The van der Waals surface area contributed by atoms with Crippen molar-refractivity contribution in [3.63, 3.8) is 0 Å². The molecule has 0 aliphatic rings. The molecule has 2 amide bonds. The minimum absolute atomic E-state index is 0.0126. The van der Waals surface area contributed by atoms with Crippen molar-refractivity contribution in [2.24, 2.45) is 10.3 Å². The zero-order valence-electron chi connectivity index (χ0n) is 29.9. The first kappa shape index (κ1) is 42.3. The lowest BCUT2D eigenvalue weighted by Crippen LogP contribution is -2.17. The Morgan fingerprint density at radius 2 is 1.07 bits per heavy atom. The molecule has 6 aromatic rings. The van der Waals surface area contributed by atoms with Gasteiger partial charge in [-0.3, -0.25) is 9.59 Å². The maximum Gasteiger partial charge on any atom is 0.241 e. The number of ether oxygens (including phenoxy) is 2. The van der Waals surface area contributed by atoms with Gasteiger partial charge in [-0.05, 0) is 84.3 Å². The van der Waals surface area contributed by atoms with Crippen molar-refractivity contribution in [1.82, 2.24) is 9.97 Å². The van der Waals surface area contributed by atoms with Gasteiger partial charge in [0.05, 0.1) is 25.2 Å². The lowest BCUT2D eigenvalue weighted by Gasteiger charge is -2.13. The lowest BCUT2D eigenvalue weighted by molar-refractivity contribution is -0.116. The van der Waals surface area contributed by atoms with Gasteiger partial charge in [-0.2, -0.15) is 0 Å². The van der Waals surface area contributed by atoms with Crippen molar-refractivity contribution in [2.75, 3.05) is 10.6 Å². The van der Waals surface area contributed by atoms with E-state index in [0.29, 0.717) is 26.9 Å². The number of aromatic nitrogens is 2. The van der Waals surface area contributed by atoms with Crippen LogP contribution >= 0.6 is 23.2 Å². The highest BCUT2D eigenvalue weighted by Crippen LogP contribution is 2.32. The molecule has 0 atom stereocenters. The van der Waals surface area contributed by atoms with E-state index in [4.69, 9.17) is 43.0 Å². The molecule has 0 spiro atoms. The van der Waals surface area contributed by atoms with Gasteiger partial charge in [-0.1, -0.05) is 71.7 Å². The van der Waals surface area contributed by atoms with Crippen molar-refractivity contribution in [1.29, 1.82) is 0 Å². The maximum absolute atomic E-state index is 12.3. The Labute approximate surface area is 338 Å². The van der Waals surface area contributed by atoms with Gasteiger partial charge in [0.1, 0.15) is 33.4 Å². The normalized spacial score (nSPS) is 11.1. The van der Waals surface area contributed by atoms with Gasteiger partial charge in [0, 0.05) is 21.4 Å². The van der Waals surface area contributed by atoms with Gasteiger partial charge in [-0.25, -0.2) is 37.1 Å². The Balaban J connectivity index is 0.000000218. The summed E-state index contributed by atoms with van der Waals surface area (Å²) < 4.78 is 59.2. The van der Waals surface area contributed by atoms with Crippen molar-refractivity contribution >= 4 is 66.4 Å². The van der Waals surface area contributed by atoms with Crippen LogP contribution in [0.1, 0.15) is 16.7 Å². The maximum atomic E-state index is 12.3. The molecule has 1 heterocycles. The number of primary sulfonamides is 2. The predicted octanol–water partition coefficient (Wildman–Crippen LogP) is 7.02. The van der Waals surface area contributed by atoms with Gasteiger partial charge < -0.3 is 20.1 Å². The number of nitrogens with zero attached hydrogens (tertiary/aromatic N) is 2. The molecule has 5 aromatic carbocycles. The molecule has 6 rings (SSSR count). The third kappa shape index (κ3) is 12.6. The molecule has 0 fully saturated rings. The number of carbonyl (C=O) groups is 2. The monoisotopic (exact) mass is 848 g/mol. The summed E-state index contributed by atoms with van der Waals surface area (Å²) in [4.78, 5) is 31.7. The quantitative estimate of drug-likeness (QED) is 0.0985. The number of halogens is 2. The zero-order chi connectivity index (χ0) is 41.2. The van der Waals surface area contributed by atoms with E-state index in [1.165, 1.54) is 49.1 Å². The van der Waals surface area contributed by atoms with Crippen LogP contribution in [0, 0.1) is 6.92 Å². The van der Waals surface area contributed by atoms with E-state index in [9.17, 15) is 26.4 Å². The average molecular weight is 850 g/mol. The fourth-order valence-corrected chi connectivity index (χ4v) is 6.86. The van der Waals surface area contributed by atoms with Gasteiger partial charge >= 0.3 is 0 Å². The summed E-state index contributed by atoms with van der Waals surface area (Å²) in [6, 6.07) is 29.5. The van der Waals surface area contributed by atoms with Gasteiger partial charge in [0.2, 0.25) is 31.9 Å². The molecule has 0 saturated carbocycles. The van der Waals surface area contributed by atoms with Crippen LogP contribution in [0.15, 0.2) is 138 Å². The number of rotatable bonds is 12. The SMILES string of the molecule is Cc1cccc(Oc2ccc(NC(=O)Cc3ccccc3Cl)cc2S(N)(=O)=O)c1.NS(=O)(=O)c1cc(NC(=O)Cc2ccccc2Cl)ccc1Oc1cncnc1. The highest BCUT2D eigenvalue weighted by molar-refractivity contribution is 7.89. The van der Waals surface area contributed by atoms with E-state index < -0.39 is 20.0 Å². The minimum Gasteiger partial charge on any atom is -0.456 e. The minimum atomic E-state index is -4.12. The van der Waals surface area contributed by atoms with Crippen LogP contribution in [0.4, 0.5) is 11.4 Å². The summed E-state index contributed by atoms with van der Waals surface area (Å²) >= 11 is 12.1. The summed E-state index contributed by atoms with van der Waals surface area (Å²) in [5, 5.41) is 16.9. The number of hydrogen-bond donors (Lipinski definition) is 4. The van der Waals surface area contributed by atoms with E-state index >= 15 is 0 Å². The molecule has 0 aliphatic carbocycles. The second-order valence-corrected chi connectivity index (χ2v) is 16.0. The van der Waals surface area contributed by atoms with Crippen molar-refractivity contribution in [2.45, 2.75) is 29.6 Å². The topological polar surface area (TPSA) is 223 Å². The van der Waals surface area contributed by atoms with E-state index in [2.05, 4.69) is 20.6 Å². The first-order valence-corrected chi connectivity index (χ1v) is 20.5. The Hall–Kier alpha value is -5.88. The first-order chi connectivity index (χ1) is 27.0. The molecule has 0 saturated heterocycles. The second kappa shape index (κ2) is 18.8. The van der Waals surface area contributed by atoms with Crippen LogP contribution < -0.4 is 30.4 Å². The molecule has 0 unspecified atom stereocenters. The fourth-order valence-electron chi connectivity index (χ4n) is 5.10. The van der Waals surface area contributed by atoms with Crippen LogP contribution in [-0.2, 0) is 42.5 Å². The highest BCUT2D eigenvalue weighted by atomic mass is 35.5. The summed E-state index contributed by atoms with van der Waals surface area (Å²) in [5.74, 6) is 0.0707. The molecular formula is C39H34Cl2N6O8S2. The number of nitrogens with two attached hydrogens (primary N) is 2. The largest absolute Gasteiger partial charge is 0.456 e. The third-order valence-electron chi connectivity index (χ3n) is 7.67. The summed E-state index contributed by atoms with van der Waals surface area (Å²) in [6.07, 6.45) is 4.14. The standard InChI is InChI=1S/C21H19ClN2O4S.C18H15ClN4O4S/c1-14-5-4-7-17(11-14)28-19-10-9-16(13-20(19)29(23,26)27)24-21(25)12-15-6-2-3-8-18(15)22;19-15-4-2-1-3-12(15)7-18(24)23-13-5-6-16(17(8-13)28(20,25)26)27-14-9-21-11-22-10-14/h2-11,13H,12H2,1H3,(H,24,25)(H2,23,26,27);1-6,8-11H,7H2,(H,23,24)(H2,20,25,26). The summed E-state index contributed by atoms with van der Waals surface area (Å²) in [6.45, 7) is 1.89. The number of benzene rings is 5. The average Bonchev–Trinajstić information content (AvgIpc) is 3.15. The predicted molar refractivity (Wildman–Crippen MR) is 217 cm³/mol. The Bertz CT molecular complexity index is 2630. The molecule has 0 radical (unpaired) electrons. The number of sulfonamides is 2. The third-order valence-corrected chi connectivity index (χ3v) is 10.3. The van der Waals surface area contributed by atoms with Crippen LogP contribution in [0.2, 0.25) is 10.0 Å². The number of aryl methyl sites for hydroxylation is 1. The van der Waals surface area contributed by atoms with Gasteiger partial charge in [-0.15, -0.1) is 0 Å². The number of amides is 2. The van der Waals surface area contributed by atoms with Crippen LogP contribution in [0.5, 0.6) is 23.0 Å². The van der Waals surface area contributed by atoms with Crippen molar-refractivity contribution in [3.05, 3.63) is 155 Å². The zero-order valence-corrected chi connectivity index (χ0v) is 33.1. The van der Waals surface area contributed by atoms with Gasteiger partial charge in [0.25, 0.3) is 0 Å². The second-order valence-electron chi connectivity index (χ2n) is 12.1. The first-order valence-electron chi connectivity index (χ1n) is 16.6. The fraction of sp³-hybridized carbons (Fsp3) is 0.0769. The smallest absolute Gasteiger partial charge is 0.241 e. The summed E-state index contributed by atoms with van der Waals surface area (Å²) in [5.41, 5.74) is 2.80. The number of anilines is 2. The van der Waals surface area contributed by atoms with Crippen LogP contribution in [0.25, 0.3) is 0 Å². The van der Waals surface area contributed by atoms with E-state index in [-0.39, 0.29) is 63.1 Å². The van der Waals surface area contributed by atoms with Crippen LogP contribution in [0.3, 0.4) is 0 Å². The van der Waals surface area contributed by atoms with E-state index in [0.717, 1.165) is 5.56 Å². The lowest BCUT2D eigenvalue weighted by atomic mass is 10.1. The molecule has 294 valence electrons. The van der Waals surface area contributed by atoms with Crippen molar-refractivity contribution < 1.29 is 35.9 Å². The molecule has 1 aromatic heterocycles. The number of carbonyl (C=O) groups excluding carboxylic acids is 2. The molecular weight excluding hydrogens is 816 g/mol. The molecule has 0 aliphatic heterocycles. The number of hydrogen-bond acceptors (Lipinski definition) is 10. The molecule has 14 nitrogen and oxygen atoms in total. The Morgan fingerprint density at radius 3 is 1.51 bits per heavy atom. The molecule has 57 heavy (non-hydrogen) atoms. The highest BCUT2D eigenvalue weighted by Gasteiger charge is 2.20. The molecule has 6 N–H and O–H groups in total. The Kier molecular flexibility index (Phi) is 14.0. The Morgan fingerprint density at radius 1 is 0.614 bits per heavy atom. The van der Waals surface area contributed by atoms with E-state index in [1.54, 1.807) is 72.8 Å². The molecule has 18 heteroatoms. The van der Waals surface area contributed by atoms with Crippen molar-refractivity contribution in [3.8, 4) is 23.0 Å². The van der Waals surface area contributed by atoms with Gasteiger partial charge in [0.15, 0.2) is 5.75 Å². The van der Waals surface area contributed by atoms with Crippen LogP contribution in [-0.4, -0.2) is 38.6 Å². The summed E-state index contributed by atoms with van der Waals surface area (Å²) in [7, 11) is -8.20. The van der Waals surface area contributed by atoms with E-state index in [1.807, 2.05) is 13.0 Å². The molecule has 0 bridgehead atoms. The number of nitrogens with one attached hydrogen (secondary N) is 2.